The lowest BCUT2D eigenvalue weighted by molar-refractivity contribution is 0.632. The van der Waals surface area contributed by atoms with Gasteiger partial charge in [0.05, 0.1) is 5.69 Å². The summed E-state index contributed by atoms with van der Waals surface area (Å²) in [5, 5.41) is 0. The highest BCUT2D eigenvalue weighted by Gasteiger charge is 2.24. The minimum Gasteiger partial charge on any atom is -0.299 e. The highest BCUT2D eigenvalue weighted by atomic mass is 15.1. The van der Waals surface area contributed by atoms with Crippen molar-refractivity contribution in [3.05, 3.63) is 121 Å². The Morgan fingerprint density at radius 1 is 0.595 bits per heavy atom. The maximum absolute atomic E-state index is 4.87. The van der Waals surface area contributed by atoms with Gasteiger partial charge in [-0.15, -0.1) is 0 Å². The van der Waals surface area contributed by atoms with Gasteiger partial charge in [-0.1, -0.05) is 119 Å². The molecule has 0 aliphatic carbocycles. The average molecular weight is 485 g/mol. The SMILES string of the molecule is CC(C)Cc1c(-c2ccccc2)cc(-c2ccccc2)c(CC(C)C)c1-n1ccnc1-c1ccccc1. The molecular formula is C35H36N2. The number of hydrogen-bond donors (Lipinski definition) is 0. The molecule has 0 unspecified atom stereocenters. The minimum absolute atomic E-state index is 0.513. The van der Waals surface area contributed by atoms with Gasteiger partial charge < -0.3 is 0 Å². The van der Waals surface area contributed by atoms with Gasteiger partial charge in [0.15, 0.2) is 0 Å². The van der Waals surface area contributed by atoms with E-state index in [-0.39, 0.29) is 0 Å². The Morgan fingerprint density at radius 3 is 1.46 bits per heavy atom. The summed E-state index contributed by atoms with van der Waals surface area (Å²) in [5.41, 5.74) is 10.3. The van der Waals surface area contributed by atoms with Crippen LogP contribution in [0.5, 0.6) is 0 Å². The maximum Gasteiger partial charge on any atom is 0.144 e. The molecule has 0 saturated carbocycles. The summed E-state index contributed by atoms with van der Waals surface area (Å²) in [6.45, 7) is 9.27. The zero-order valence-corrected chi connectivity index (χ0v) is 22.4. The third-order valence-electron chi connectivity index (χ3n) is 6.82. The lowest BCUT2D eigenvalue weighted by atomic mass is 9.83. The number of aromatic nitrogens is 2. The van der Waals surface area contributed by atoms with Gasteiger partial charge in [0.2, 0.25) is 0 Å². The molecule has 1 heterocycles. The van der Waals surface area contributed by atoms with Crippen molar-refractivity contribution in [3.63, 3.8) is 0 Å². The lowest BCUT2D eigenvalue weighted by Gasteiger charge is -2.26. The number of benzene rings is 4. The molecular weight excluding hydrogens is 448 g/mol. The van der Waals surface area contributed by atoms with Gasteiger partial charge in [-0.3, -0.25) is 4.57 Å². The Bertz CT molecular complexity index is 1370. The Labute approximate surface area is 221 Å². The molecule has 186 valence electrons. The molecule has 0 saturated heterocycles. The van der Waals surface area contributed by atoms with E-state index in [9.17, 15) is 0 Å². The smallest absolute Gasteiger partial charge is 0.144 e. The van der Waals surface area contributed by atoms with E-state index in [4.69, 9.17) is 4.98 Å². The Hall–Kier alpha value is -3.91. The van der Waals surface area contributed by atoms with Gasteiger partial charge in [-0.05, 0) is 64.1 Å². The van der Waals surface area contributed by atoms with E-state index >= 15 is 0 Å². The molecule has 0 spiro atoms. The minimum atomic E-state index is 0.513. The van der Waals surface area contributed by atoms with Gasteiger partial charge in [-0.25, -0.2) is 4.98 Å². The lowest BCUT2D eigenvalue weighted by Crippen LogP contribution is -2.12. The van der Waals surface area contributed by atoms with Crippen LogP contribution >= 0.6 is 0 Å². The van der Waals surface area contributed by atoms with E-state index in [1.807, 2.05) is 6.20 Å². The maximum atomic E-state index is 4.87. The highest BCUT2D eigenvalue weighted by Crippen LogP contribution is 2.41. The second kappa shape index (κ2) is 11.0. The third kappa shape index (κ3) is 5.29. The van der Waals surface area contributed by atoms with Gasteiger partial charge in [-0.2, -0.15) is 0 Å². The molecule has 0 N–H and O–H groups in total. The summed E-state index contributed by atoms with van der Waals surface area (Å²) >= 11 is 0. The summed E-state index contributed by atoms with van der Waals surface area (Å²) in [5.74, 6) is 2.01. The second-order valence-corrected chi connectivity index (χ2v) is 10.7. The molecule has 2 nitrogen and oxygen atoms in total. The Morgan fingerprint density at radius 2 is 1.03 bits per heavy atom. The summed E-state index contributed by atoms with van der Waals surface area (Å²) in [7, 11) is 0. The fraction of sp³-hybridized carbons (Fsp3) is 0.229. The molecule has 37 heavy (non-hydrogen) atoms. The normalized spacial score (nSPS) is 11.4. The topological polar surface area (TPSA) is 17.8 Å². The van der Waals surface area contributed by atoms with Crippen molar-refractivity contribution >= 4 is 0 Å². The van der Waals surface area contributed by atoms with Crippen LogP contribution in [0, 0.1) is 11.8 Å². The standard InChI is InChI=1S/C35H36N2/c1-25(2)22-32-30(27-14-8-5-9-15-27)24-31(28-16-10-6-11-17-28)33(23-26(3)4)34(32)37-21-20-36-35(37)29-18-12-7-13-19-29/h5-21,24-26H,22-23H2,1-4H3. The first-order valence-electron chi connectivity index (χ1n) is 13.4. The Kier molecular flexibility index (Phi) is 7.37. The van der Waals surface area contributed by atoms with E-state index < -0.39 is 0 Å². The van der Waals surface area contributed by atoms with Crippen molar-refractivity contribution in [3.8, 4) is 39.3 Å². The first-order chi connectivity index (χ1) is 18.0. The van der Waals surface area contributed by atoms with Gasteiger partial charge in [0, 0.05) is 18.0 Å². The molecule has 0 radical (unpaired) electrons. The van der Waals surface area contributed by atoms with Crippen LogP contribution < -0.4 is 0 Å². The average Bonchev–Trinajstić information content (AvgIpc) is 3.39. The van der Waals surface area contributed by atoms with Crippen molar-refractivity contribution in [1.29, 1.82) is 0 Å². The van der Waals surface area contributed by atoms with Crippen molar-refractivity contribution < 1.29 is 0 Å². The summed E-state index contributed by atoms with van der Waals surface area (Å²) in [4.78, 5) is 4.87. The van der Waals surface area contributed by atoms with E-state index in [1.54, 1.807) is 0 Å². The fourth-order valence-electron chi connectivity index (χ4n) is 5.31. The molecule has 0 fully saturated rings. The molecule has 4 aromatic carbocycles. The first-order valence-corrected chi connectivity index (χ1v) is 13.4. The molecule has 0 atom stereocenters. The zero-order chi connectivity index (χ0) is 25.8. The highest BCUT2D eigenvalue weighted by molar-refractivity contribution is 5.84. The van der Waals surface area contributed by atoms with Crippen LogP contribution in [0.3, 0.4) is 0 Å². The van der Waals surface area contributed by atoms with Crippen LogP contribution in [0.4, 0.5) is 0 Å². The van der Waals surface area contributed by atoms with Gasteiger partial charge in [0.1, 0.15) is 5.82 Å². The van der Waals surface area contributed by atoms with E-state index in [0.717, 1.165) is 24.2 Å². The van der Waals surface area contributed by atoms with E-state index in [1.165, 1.54) is 39.1 Å². The number of rotatable bonds is 8. The number of imidazole rings is 1. The molecule has 0 amide bonds. The van der Waals surface area contributed by atoms with Crippen molar-refractivity contribution in [2.24, 2.45) is 11.8 Å². The molecule has 1 aromatic heterocycles. The molecule has 0 aliphatic rings. The fourth-order valence-corrected chi connectivity index (χ4v) is 5.31. The Balaban J connectivity index is 1.92. The van der Waals surface area contributed by atoms with Gasteiger partial charge >= 0.3 is 0 Å². The van der Waals surface area contributed by atoms with Crippen molar-refractivity contribution in [2.75, 3.05) is 0 Å². The molecule has 5 aromatic rings. The van der Waals surface area contributed by atoms with Crippen LogP contribution in [0.25, 0.3) is 39.3 Å². The predicted octanol–water partition coefficient (Wildman–Crippen LogP) is 9.27. The predicted molar refractivity (Wildman–Crippen MR) is 157 cm³/mol. The quantitative estimate of drug-likeness (QED) is 0.214. The summed E-state index contributed by atoms with van der Waals surface area (Å²) < 4.78 is 2.35. The van der Waals surface area contributed by atoms with Crippen LogP contribution in [0.15, 0.2) is 109 Å². The largest absolute Gasteiger partial charge is 0.299 e. The van der Waals surface area contributed by atoms with Gasteiger partial charge in [0.25, 0.3) is 0 Å². The monoisotopic (exact) mass is 484 g/mol. The summed E-state index contributed by atoms with van der Waals surface area (Å²) in [6, 6.07) is 34.7. The number of hydrogen-bond acceptors (Lipinski definition) is 1. The van der Waals surface area contributed by atoms with Crippen molar-refractivity contribution in [1.82, 2.24) is 9.55 Å². The second-order valence-electron chi connectivity index (χ2n) is 10.7. The molecule has 2 heteroatoms. The van der Waals surface area contributed by atoms with Crippen LogP contribution in [0.2, 0.25) is 0 Å². The van der Waals surface area contributed by atoms with Crippen LogP contribution in [-0.4, -0.2) is 9.55 Å². The van der Waals surface area contributed by atoms with Crippen LogP contribution in [-0.2, 0) is 12.8 Å². The number of nitrogens with zero attached hydrogens (tertiary/aromatic N) is 2. The van der Waals surface area contributed by atoms with E-state index in [2.05, 4.69) is 136 Å². The van der Waals surface area contributed by atoms with Crippen molar-refractivity contribution in [2.45, 2.75) is 40.5 Å². The first kappa shape index (κ1) is 24.8. The van der Waals surface area contributed by atoms with E-state index in [0.29, 0.717) is 11.8 Å². The van der Waals surface area contributed by atoms with Crippen LogP contribution in [0.1, 0.15) is 38.8 Å². The third-order valence-corrected chi connectivity index (χ3v) is 6.82. The molecule has 5 rings (SSSR count). The molecule has 0 aliphatic heterocycles. The summed E-state index contributed by atoms with van der Waals surface area (Å²) in [6.07, 6.45) is 6.07. The zero-order valence-electron chi connectivity index (χ0n) is 22.4. The molecule has 0 bridgehead atoms.